The molecule has 0 spiro atoms. The predicted molar refractivity (Wildman–Crippen MR) is 382 cm³/mol. The Morgan fingerprint density at radius 1 is 0.447 bits per heavy atom. The van der Waals surface area contributed by atoms with E-state index >= 15 is 0 Å². The van der Waals surface area contributed by atoms with Gasteiger partial charge in [0.1, 0.15) is 39.9 Å². The van der Waals surface area contributed by atoms with Crippen LogP contribution in [0.4, 0.5) is 28.6 Å². The number of benzene rings is 12. The molecular formula is C84H52N6O4. The molecule has 10 nitrogen and oxygen atoms in total. The molecule has 0 fully saturated rings. The van der Waals surface area contributed by atoms with E-state index < -0.39 is 0 Å². The van der Waals surface area contributed by atoms with E-state index in [1.807, 2.05) is 67.0 Å². The van der Waals surface area contributed by atoms with Gasteiger partial charge in [0.05, 0.1) is 33.8 Å². The monoisotopic (exact) mass is 1210 g/mol. The molecule has 0 radical (unpaired) electrons. The van der Waals surface area contributed by atoms with Crippen molar-refractivity contribution in [3.05, 3.63) is 308 Å². The molecule has 442 valence electrons. The molecule has 12 aromatic carbocycles. The van der Waals surface area contributed by atoms with Crippen molar-refractivity contribution in [3.8, 4) is 39.1 Å². The van der Waals surface area contributed by atoms with Crippen LogP contribution in [0, 0.1) is 0 Å². The van der Waals surface area contributed by atoms with Crippen LogP contribution in [0.1, 0.15) is 17.4 Å². The van der Waals surface area contributed by atoms with Crippen molar-refractivity contribution in [1.29, 1.82) is 0 Å². The SMILES string of the molecule is C1=CC(N(c2ccc3ccc(-c4cc(-c5cccc6c(N(C7=CCNc8c7oc7ccccc87)c7ccc8oc9ccccc9c8n7)cc(-c7ccc8ccccc8c7)cc56)c5ccccc5c4)cc3c2)c2ccnc3oc4ccccc4c23)=C2Oc3ccccc3C2N1. The molecule has 2 N–H and O–H groups in total. The Morgan fingerprint density at radius 2 is 1.14 bits per heavy atom. The van der Waals surface area contributed by atoms with Crippen LogP contribution in [0.2, 0.25) is 0 Å². The Hall–Kier alpha value is -12.7. The largest absolute Gasteiger partial charge is 0.457 e. The van der Waals surface area contributed by atoms with E-state index in [1.54, 1.807) is 0 Å². The maximum Gasteiger partial charge on any atom is 0.229 e. The topological polar surface area (TPSA) is 105 Å². The lowest BCUT2D eigenvalue weighted by Crippen LogP contribution is -2.27. The van der Waals surface area contributed by atoms with E-state index in [0.717, 1.165) is 183 Å². The summed E-state index contributed by atoms with van der Waals surface area (Å²) in [6, 6.07) is 92.8. The fourth-order valence-corrected chi connectivity index (χ4v) is 14.8. The average molecular weight is 1210 g/mol. The third kappa shape index (κ3) is 8.09. The second kappa shape index (κ2) is 20.4. The highest BCUT2D eigenvalue weighted by Gasteiger charge is 2.37. The van der Waals surface area contributed by atoms with Crippen LogP contribution >= 0.6 is 0 Å². The van der Waals surface area contributed by atoms with E-state index in [4.69, 9.17) is 28.0 Å². The molecule has 0 bridgehead atoms. The second-order valence-electron chi connectivity index (χ2n) is 24.4. The minimum absolute atomic E-state index is 0.169. The zero-order valence-electron chi connectivity index (χ0n) is 50.3. The Balaban J connectivity index is 0.791. The van der Waals surface area contributed by atoms with E-state index in [2.05, 4.69) is 239 Å². The number of nitrogens with zero attached hydrogens (tertiary/aromatic N) is 4. The third-order valence-electron chi connectivity index (χ3n) is 19.2. The van der Waals surface area contributed by atoms with E-state index in [-0.39, 0.29) is 6.04 Å². The summed E-state index contributed by atoms with van der Waals surface area (Å²) in [4.78, 5) is 15.0. The van der Waals surface area contributed by atoms with Crippen LogP contribution < -0.4 is 25.2 Å². The molecule has 8 heterocycles. The smallest absolute Gasteiger partial charge is 0.229 e. The summed E-state index contributed by atoms with van der Waals surface area (Å²) in [5, 5.41) is 20.1. The summed E-state index contributed by atoms with van der Waals surface area (Å²) in [7, 11) is 0. The minimum atomic E-state index is -0.169. The summed E-state index contributed by atoms with van der Waals surface area (Å²) < 4.78 is 26.7. The molecule has 1 unspecified atom stereocenters. The molecule has 10 heteroatoms. The highest BCUT2D eigenvalue weighted by molar-refractivity contribution is 6.16. The lowest BCUT2D eigenvalue weighted by molar-refractivity contribution is 0.408. The highest BCUT2D eigenvalue weighted by atomic mass is 16.5. The fraction of sp³-hybridized carbons (Fsp3) is 0.0238. The average Bonchev–Trinajstić information content (AvgIpc) is 1.22. The summed E-state index contributed by atoms with van der Waals surface area (Å²) in [5.41, 5.74) is 17.7. The van der Waals surface area contributed by atoms with Crippen molar-refractivity contribution >= 4 is 132 Å². The van der Waals surface area contributed by atoms with Gasteiger partial charge in [0.25, 0.3) is 0 Å². The second-order valence-corrected chi connectivity index (χ2v) is 24.4. The standard InChI is InChI=1S/C84H52N6O4/c1-2-15-51-42-52(30-28-49(51)14-1)57-47-67-60(22-13-23-61(67)71(48-57)90(70-38-40-86-81-65-21-8-12-27-75(65)93-83(70)81)77-35-34-76-79(88-77)63-19-6-10-25-73(63)91-76)66-46-56(44-54-16-3-4-17-59(54)66)53-31-29-50-32-33-58(45-55(50)43-53)89(68-36-41-87-84-78(68)62-18-5-9-24-72(62)94-84)69-37-39-85-80-64-20-7-11-26-74(64)92-82(69)80/h1-39,41-48,80,85-86H,40H2. The molecule has 3 aliphatic rings. The molecule has 94 heavy (non-hydrogen) atoms. The first-order valence-electron chi connectivity index (χ1n) is 31.7. The quantitative estimate of drug-likeness (QED) is 0.145. The molecular weight excluding hydrogens is 1160 g/mol. The third-order valence-corrected chi connectivity index (χ3v) is 19.2. The van der Waals surface area contributed by atoms with E-state index in [9.17, 15) is 0 Å². The van der Waals surface area contributed by atoms with Crippen molar-refractivity contribution in [1.82, 2.24) is 15.3 Å². The number of allylic oxidation sites excluding steroid dienone is 1. The number of rotatable bonds is 9. The van der Waals surface area contributed by atoms with Crippen molar-refractivity contribution < 1.29 is 18.0 Å². The lowest BCUT2D eigenvalue weighted by atomic mass is 9.88. The van der Waals surface area contributed by atoms with Crippen molar-refractivity contribution in [2.24, 2.45) is 0 Å². The van der Waals surface area contributed by atoms with Gasteiger partial charge < -0.3 is 33.5 Å². The molecule has 0 aliphatic carbocycles. The van der Waals surface area contributed by atoms with Crippen LogP contribution in [0.3, 0.4) is 0 Å². The Kier molecular flexibility index (Phi) is 11.3. The first-order chi connectivity index (χ1) is 46.6. The van der Waals surface area contributed by atoms with Crippen LogP contribution in [-0.2, 0) is 0 Å². The summed E-state index contributed by atoms with van der Waals surface area (Å²) in [5.74, 6) is 3.13. The van der Waals surface area contributed by atoms with Crippen LogP contribution in [0.5, 0.6) is 5.75 Å². The zero-order chi connectivity index (χ0) is 61.5. The van der Waals surface area contributed by atoms with Gasteiger partial charge in [-0.3, -0.25) is 4.90 Å². The van der Waals surface area contributed by atoms with Crippen molar-refractivity contribution in [2.75, 3.05) is 21.7 Å². The summed E-state index contributed by atoms with van der Waals surface area (Å²) in [6.45, 7) is 0.579. The number of dihydropyridines is 1. The number of hydrogen-bond acceptors (Lipinski definition) is 10. The number of furan rings is 3. The van der Waals surface area contributed by atoms with Gasteiger partial charge in [-0.05, 0) is 193 Å². The van der Waals surface area contributed by atoms with Gasteiger partial charge in [-0.1, -0.05) is 158 Å². The Morgan fingerprint density at radius 3 is 2.01 bits per heavy atom. The van der Waals surface area contributed by atoms with E-state index in [0.29, 0.717) is 12.3 Å². The Bertz CT molecular complexity index is 6190. The minimum Gasteiger partial charge on any atom is -0.457 e. The number of para-hydroxylation sites is 4. The van der Waals surface area contributed by atoms with Gasteiger partial charge in [-0.15, -0.1) is 0 Å². The number of aromatic nitrogens is 2. The lowest BCUT2D eigenvalue weighted by Gasteiger charge is -2.31. The highest BCUT2D eigenvalue weighted by Crippen LogP contribution is 2.51. The van der Waals surface area contributed by atoms with Crippen LogP contribution in [-0.4, -0.2) is 16.5 Å². The number of nitrogens with one attached hydrogen (secondary N) is 2. The zero-order valence-corrected chi connectivity index (χ0v) is 50.3. The molecule has 17 aromatic rings. The van der Waals surface area contributed by atoms with Crippen molar-refractivity contribution in [2.45, 2.75) is 6.04 Å². The molecule has 20 rings (SSSR count). The maximum absolute atomic E-state index is 6.95. The van der Waals surface area contributed by atoms with E-state index in [1.165, 1.54) is 5.39 Å². The first-order valence-corrected chi connectivity index (χ1v) is 31.7. The number of hydrogen-bond donors (Lipinski definition) is 2. The first kappa shape index (κ1) is 52.1. The molecule has 3 aliphatic heterocycles. The molecule has 0 saturated carbocycles. The maximum atomic E-state index is 6.95. The number of fused-ring (bicyclic) bond motifs is 16. The van der Waals surface area contributed by atoms with Gasteiger partial charge in [-0.2, -0.15) is 0 Å². The fourth-order valence-electron chi connectivity index (χ4n) is 14.8. The van der Waals surface area contributed by atoms with Gasteiger partial charge in [0.2, 0.25) is 5.71 Å². The van der Waals surface area contributed by atoms with Gasteiger partial charge >= 0.3 is 0 Å². The number of pyridine rings is 2. The summed E-state index contributed by atoms with van der Waals surface area (Å²) in [6.07, 6.45) is 8.21. The Labute approximate surface area is 537 Å². The number of anilines is 5. The molecule has 0 saturated heterocycles. The molecule has 5 aromatic heterocycles. The molecule has 1 atom stereocenters. The normalized spacial score (nSPS) is 14.3. The summed E-state index contributed by atoms with van der Waals surface area (Å²) >= 11 is 0. The van der Waals surface area contributed by atoms with Crippen LogP contribution in [0.15, 0.2) is 310 Å². The van der Waals surface area contributed by atoms with Crippen LogP contribution in [0.25, 0.3) is 137 Å². The van der Waals surface area contributed by atoms with Crippen molar-refractivity contribution in [3.63, 3.8) is 0 Å². The van der Waals surface area contributed by atoms with Gasteiger partial charge in [0, 0.05) is 45.5 Å². The van der Waals surface area contributed by atoms with Gasteiger partial charge in [-0.25, -0.2) is 9.97 Å². The van der Waals surface area contributed by atoms with Gasteiger partial charge in [0.15, 0.2) is 17.1 Å². The molecule has 0 amide bonds. The predicted octanol–water partition coefficient (Wildman–Crippen LogP) is 21.8. The number of ether oxygens (including phenoxy) is 1.